The summed E-state index contributed by atoms with van der Waals surface area (Å²) in [5.74, 6) is 0. The van der Waals surface area contributed by atoms with Crippen molar-refractivity contribution >= 4 is 17.4 Å². The third-order valence-corrected chi connectivity index (χ3v) is 4.10. The highest BCUT2D eigenvalue weighted by atomic mass is 32.1. The standard InChI is InChI=1S/C15H20N4OS/c1-4-14-19-13(9-21-14)11(3)18-15(20)17-8-12-6-5-10(2)16-7-12/h5-7,9,11H,4,8H2,1-3H3,(H2,17,18,20). The van der Waals surface area contributed by atoms with Crippen LogP contribution in [-0.2, 0) is 13.0 Å². The number of amides is 2. The minimum Gasteiger partial charge on any atom is -0.334 e. The van der Waals surface area contributed by atoms with Gasteiger partial charge < -0.3 is 10.6 Å². The van der Waals surface area contributed by atoms with Crippen LogP contribution in [0.2, 0.25) is 0 Å². The van der Waals surface area contributed by atoms with E-state index in [9.17, 15) is 4.79 Å². The van der Waals surface area contributed by atoms with Crippen molar-refractivity contribution in [1.82, 2.24) is 20.6 Å². The first-order valence-electron chi connectivity index (χ1n) is 6.98. The van der Waals surface area contributed by atoms with E-state index in [1.54, 1.807) is 17.5 Å². The van der Waals surface area contributed by atoms with Gasteiger partial charge in [0.2, 0.25) is 0 Å². The smallest absolute Gasteiger partial charge is 0.315 e. The van der Waals surface area contributed by atoms with Crippen LogP contribution >= 0.6 is 11.3 Å². The van der Waals surface area contributed by atoms with Crippen LogP contribution in [0.15, 0.2) is 23.7 Å². The summed E-state index contributed by atoms with van der Waals surface area (Å²) in [6, 6.07) is 3.59. The molecule has 0 aromatic carbocycles. The summed E-state index contributed by atoms with van der Waals surface area (Å²) in [4.78, 5) is 20.5. The Labute approximate surface area is 128 Å². The Kier molecular flexibility index (Phi) is 5.27. The summed E-state index contributed by atoms with van der Waals surface area (Å²) in [6.45, 7) is 6.40. The van der Waals surface area contributed by atoms with E-state index in [4.69, 9.17) is 0 Å². The molecule has 0 aliphatic rings. The zero-order chi connectivity index (χ0) is 15.2. The molecule has 2 N–H and O–H groups in total. The molecule has 1 atom stereocenters. The Bertz CT molecular complexity index is 594. The lowest BCUT2D eigenvalue weighted by Crippen LogP contribution is -2.36. The van der Waals surface area contributed by atoms with Crippen molar-refractivity contribution in [1.29, 1.82) is 0 Å². The second kappa shape index (κ2) is 7.17. The fraction of sp³-hybridized carbons (Fsp3) is 0.400. The third kappa shape index (κ3) is 4.53. The van der Waals surface area contributed by atoms with Gasteiger partial charge in [-0.3, -0.25) is 4.98 Å². The summed E-state index contributed by atoms with van der Waals surface area (Å²) in [6.07, 6.45) is 2.69. The molecule has 2 heterocycles. The molecule has 0 fully saturated rings. The van der Waals surface area contributed by atoms with E-state index in [-0.39, 0.29) is 12.1 Å². The normalized spacial score (nSPS) is 12.0. The molecule has 0 bridgehead atoms. The van der Waals surface area contributed by atoms with Crippen LogP contribution in [0.4, 0.5) is 4.79 Å². The van der Waals surface area contributed by atoms with Crippen molar-refractivity contribution in [3.8, 4) is 0 Å². The number of carbonyl (C=O) groups excluding carboxylic acids is 1. The molecule has 0 aliphatic carbocycles. The van der Waals surface area contributed by atoms with Crippen LogP contribution in [0.5, 0.6) is 0 Å². The number of hydrogen-bond acceptors (Lipinski definition) is 4. The topological polar surface area (TPSA) is 66.9 Å². The lowest BCUT2D eigenvalue weighted by Gasteiger charge is -2.12. The maximum Gasteiger partial charge on any atom is 0.315 e. The molecule has 0 spiro atoms. The highest BCUT2D eigenvalue weighted by Gasteiger charge is 2.12. The van der Waals surface area contributed by atoms with Crippen molar-refractivity contribution in [3.63, 3.8) is 0 Å². The average molecular weight is 304 g/mol. The highest BCUT2D eigenvalue weighted by molar-refractivity contribution is 7.09. The Balaban J connectivity index is 1.82. The maximum atomic E-state index is 11.9. The number of carbonyl (C=O) groups is 1. The quantitative estimate of drug-likeness (QED) is 0.892. The molecule has 6 heteroatoms. The van der Waals surface area contributed by atoms with Gasteiger partial charge in [-0.1, -0.05) is 13.0 Å². The first kappa shape index (κ1) is 15.4. The number of rotatable bonds is 5. The molecule has 2 rings (SSSR count). The summed E-state index contributed by atoms with van der Waals surface area (Å²) >= 11 is 1.63. The lowest BCUT2D eigenvalue weighted by atomic mass is 10.2. The van der Waals surface area contributed by atoms with Crippen molar-refractivity contribution in [2.24, 2.45) is 0 Å². The molecule has 0 aliphatic heterocycles. The summed E-state index contributed by atoms with van der Waals surface area (Å²) in [5.41, 5.74) is 2.85. The first-order chi connectivity index (χ1) is 10.1. The van der Waals surface area contributed by atoms with E-state index in [2.05, 4.69) is 27.5 Å². The molecule has 21 heavy (non-hydrogen) atoms. The summed E-state index contributed by atoms with van der Waals surface area (Å²) < 4.78 is 0. The first-order valence-corrected chi connectivity index (χ1v) is 7.86. The number of urea groups is 1. The number of nitrogens with zero attached hydrogens (tertiary/aromatic N) is 2. The number of aromatic nitrogens is 2. The van der Waals surface area contributed by atoms with Gasteiger partial charge in [0.25, 0.3) is 0 Å². The van der Waals surface area contributed by atoms with Gasteiger partial charge in [-0.15, -0.1) is 11.3 Å². The van der Waals surface area contributed by atoms with Crippen LogP contribution in [0.1, 0.15) is 41.8 Å². The molecule has 0 saturated carbocycles. The largest absolute Gasteiger partial charge is 0.334 e. The number of thiazole rings is 1. The van der Waals surface area contributed by atoms with Gasteiger partial charge in [0.1, 0.15) is 0 Å². The minimum absolute atomic E-state index is 0.0994. The number of nitrogens with one attached hydrogen (secondary N) is 2. The fourth-order valence-corrected chi connectivity index (χ4v) is 2.63. The lowest BCUT2D eigenvalue weighted by molar-refractivity contribution is 0.237. The van der Waals surface area contributed by atoms with Gasteiger partial charge in [-0.2, -0.15) is 0 Å². The summed E-state index contributed by atoms with van der Waals surface area (Å²) in [7, 11) is 0. The number of aryl methyl sites for hydroxylation is 2. The SMILES string of the molecule is CCc1nc(C(C)NC(=O)NCc2ccc(C)nc2)cs1. The summed E-state index contributed by atoms with van der Waals surface area (Å²) in [5, 5.41) is 8.80. The van der Waals surface area contributed by atoms with Crippen LogP contribution < -0.4 is 10.6 Å². The number of hydrogen-bond donors (Lipinski definition) is 2. The monoisotopic (exact) mass is 304 g/mol. The zero-order valence-electron chi connectivity index (χ0n) is 12.5. The Hall–Kier alpha value is -1.95. The van der Waals surface area contributed by atoms with Gasteiger partial charge in [0, 0.05) is 23.8 Å². The van der Waals surface area contributed by atoms with Gasteiger partial charge in [-0.25, -0.2) is 9.78 Å². The molecule has 2 aromatic heterocycles. The number of pyridine rings is 1. The van der Waals surface area contributed by atoms with Crippen molar-refractivity contribution in [3.05, 3.63) is 45.7 Å². The molecule has 2 aromatic rings. The molecule has 0 saturated heterocycles. The van der Waals surface area contributed by atoms with Crippen LogP contribution in [0.25, 0.3) is 0 Å². The fourth-order valence-electron chi connectivity index (χ4n) is 1.79. The highest BCUT2D eigenvalue weighted by Crippen LogP contribution is 2.16. The van der Waals surface area contributed by atoms with Crippen LogP contribution in [0.3, 0.4) is 0 Å². The zero-order valence-corrected chi connectivity index (χ0v) is 13.3. The molecular weight excluding hydrogens is 284 g/mol. The minimum atomic E-state index is -0.200. The van der Waals surface area contributed by atoms with Crippen molar-refractivity contribution in [2.45, 2.75) is 39.8 Å². The van der Waals surface area contributed by atoms with E-state index in [0.717, 1.165) is 28.4 Å². The second-order valence-corrected chi connectivity index (χ2v) is 5.82. The molecule has 2 amide bonds. The average Bonchev–Trinajstić information content (AvgIpc) is 2.96. The van der Waals surface area contributed by atoms with Crippen LogP contribution in [-0.4, -0.2) is 16.0 Å². The van der Waals surface area contributed by atoms with Gasteiger partial charge >= 0.3 is 6.03 Å². The van der Waals surface area contributed by atoms with E-state index in [0.29, 0.717) is 6.54 Å². The predicted octanol–water partition coefficient (Wildman–Crippen LogP) is 2.97. The Morgan fingerprint density at radius 2 is 2.24 bits per heavy atom. The van der Waals surface area contributed by atoms with Gasteiger partial charge in [-0.05, 0) is 31.9 Å². The maximum absolute atomic E-state index is 11.9. The molecule has 0 radical (unpaired) electrons. The van der Waals surface area contributed by atoms with Crippen molar-refractivity contribution < 1.29 is 4.79 Å². The van der Waals surface area contributed by atoms with Gasteiger partial charge in [0.05, 0.1) is 16.7 Å². The predicted molar refractivity (Wildman–Crippen MR) is 84.3 cm³/mol. The van der Waals surface area contributed by atoms with E-state index in [1.165, 1.54) is 0 Å². The van der Waals surface area contributed by atoms with E-state index >= 15 is 0 Å². The Morgan fingerprint density at radius 3 is 2.86 bits per heavy atom. The second-order valence-electron chi connectivity index (χ2n) is 4.88. The molecule has 112 valence electrons. The van der Waals surface area contributed by atoms with E-state index < -0.39 is 0 Å². The van der Waals surface area contributed by atoms with Crippen molar-refractivity contribution in [2.75, 3.05) is 0 Å². The molecule has 5 nitrogen and oxygen atoms in total. The Morgan fingerprint density at radius 1 is 1.43 bits per heavy atom. The van der Waals surface area contributed by atoms with E-state index in [1.807, 2.05) is 31.4 Å². The van der Waals surface area contributed by atoms with Gasteiger partial charge in [0.15, 0.2) is 0 Å². The molecule has 1 unspecified atom stereocenters. The molecular formula is C15H20N4OS. The van der Waals surface area contributed by atoms with Crippen LogP contribution in [0, 0.1) is 6.92 Å². The third-order valence-electron chi connectivity index (χ3n) is 3.09.